The van der Waals surface area contributed by atoms with Crippen LogP contribution in [0.25, 0.3) is 0 Å². The highest BCUT2D eigenvalue weighted by Gasteiger charge is 2.26. The highest BCUT2D eigenvalue weighted by Crippen LogP contribution is 2.32. The summed E-state index contributed by atoms with van der Waals surface area (Å²) in [7, 11) is 0. The first kappa shape index (κ1) is 10.6. The third-order valence-corrected chi connectivity index (χ3v) is 3.18. The van der Waals surface area contributed by atoms with E-state index in [9.17, 15) is 8.78 Å². The lowest BCUT2D eigenvalue weighted by atomic mass is 9.92. The molecule has 1 aliphatic rings. The molecule has 0 amide bonds. The summed E-state index contributed by atoms with van der Waals surface area (Å²) in [6, 6.07) is 4.37. The van der Waals surface area contributed by atoms with Gasteiger partial charge in [0.15, 0.2) is 11.6 Å². The second kappa shape index (κ2) is 4.27. The zero-order valence-electron chi connectivity index (χ0n) is 8.76. The van der Waals surface area contributed by atoms with E-state index in [1.165, 1.54) is 12.1 Å². The number of halogens is 2. The van der Waals surface area contributed by atoms with Crippen molar-refractivity contribution in [2.45, 2.75) is 25.8 Å². The Bertz CT molecular complexity index is 351. The summed E-state index contributed by atoms with van der Waals surface area (Å²) < 4.78 is 25.8. The van der Waals surface area contributed by atoms with Gasteiger partial charge >= 0.3 is 0 Å². The van der Waals surface area contributed by atoms with Crippen LogP contribution in [-0.4, -0.2) is 6.54 Å². The van der Waals surface area contributed by atoms with Crippen LogP contribution in [0.15, 0.2) is 18.2 Å². The Labute approximate surface area is 88.5 Å². The van der Waals surface area contributed by atoms with Crippen LogP contribution in [0.5, 0.6) is 0 Å². The van der Waals surface area contributed by atoms with E-state index in [1.807, 2.05) is 0 Å². The quantitative estimate of drug-likeness (QED) is 0.792. The SMILES string of the molecule is CCC1CCNC1c1ccc(F)c(F)c1. The second-order valence-electron chi connectivity index (χ2n) is 4.06. The van der Waals surface area contributed by atoms with Crippen molar-refractivity contribution >= 4 is 0 Å². The average Bonchev–Trinajstić information content (AvgIpc) is 2.70. The summed E-state index contributed by atoms with van der Waals surface area (Å²) in [6.45, 7) is 3.09. The van der Waals surface area contributed by atoms with Crippen molar-refractivity contribution in [3.8, 4) is 0 Å². The van der Waals surface area contributed by atoms with Crippen molar-refractivity contribution in [1.29, 1.82) is 0 Å². The van der Waals surface area contributed by atoms with Crippen LogP contribution in [-0.2, 0) is 0 Å². The number of hydrogen-bond donors (Lipinski definition) is 1. The zero-order chi connectivity index (χ0) is 10.8. The molecule has 1 saturated heterocycles. The summed E-state index contributed by atoms with van der Waals surface area (Å²) in [6.07, 6.45) is 2.18. The van der Waals surface area contributed by atoms with Gasteiger partial charge in [0.2, 0.25) is 0 Å². The predicted molar refractivity (Wildman–Crippen MR) is 55.5 cm³/mol. The molecule has 0 spiro atoms. The van der Waals surface area contributed by atoms with Crippen molar-refractivity contribution in [1.82, 2.24) is 5.32 Å². The smallest absolute Gasteiger partial charge is 0.159 e. The molecule has 0 aromatic heterocycles. The molecule has 1 aliphatic heterocycles. The molecule has 0 radical (unpaired) electrons. The van der Waals surface area contributed by atoms with E-state index >= 15 is 0 Å². The van der Waals surface area contributed by atoms with Crippen LogP contribution < -0.4 is 5.32 Å². The Balaban J connectivity index is 2.25. The minimum Gasteiger partial charge on any atom is -0.310 e. The van der Waals surface area contributed by atoms with Crippen molar-refractivity contribution in [2.75, 3.05) is 6.54 Å². The van der Waals surface area contributed by atoms with Crippen molar-refractivity contribution < 1.29 is 8.78 Å². The van der Waals surface area contributed by atoms with E-state index in [0.29, 0.717) is 5.92 Å². The largest absolute Gasteiger partial charge is 0.310 e. The lowest BCUT2D eigenvalue weighted by Crippen LogP contribution is -2.17. The molecule has 1 nitrogen and oxygen atoms in total. The topological polar surface area (TPSA) is 12.0 Å². The van der Waals surface area contributed by atoms with Crippen LogP contribution in [0.4, 0.5) is 8.78 Å². The van der Waals surface area contributed by atoms with Gasteiger partial charge in [-0.15, -0.1) is 0 Å². The molecule has 15 heavy (non-hydrogen) atoms. The van der Waals surface area contributed by atoms with E-state index < -0.39 is 11.6 Å². The Morgan fingerprint density at radius 2 is 2.13 bits per heavy atom. The Morgan fingerprint density at radius 3 is 2.80 bits per heavy atom. The van der Waals surface area contributed by atoms with Crippen LogP contribution in [0.3, 0.4) is 0 Å². The molecule has 1 N–H and O–H groups in total. The van der Waals surface area contributed by atoms with Gasteiger partial charge in [0.25, 0.3) is 0 Å². The van der Waals surface area contributed by atoms with E-state index in [4.69, 9.17) is 0 Å². The fourth-order valence-corrected chi connectivity index (χ4v) is 2.29. The Morgan fingerprint density at radius 1 is 1.33 bits per heavy atom. The molecule has 82 valence electrons. The van der Waals surface area contributed by atoms with Crippen molar-refractivity contribution in [2.24, 2.45) is 5.92 Å². The molecule has 0 bridgehead atoms. The summed E-state index contributed by atoms with van der Waals surface area (Å²) in [4.78, 5) is 0. The third-order valence-electron chi connectivity index (χ3n) is 3.18. The minimum atomic E-state index is -0.773. The van der Waals surface area contributed by atoms with E-state index in [0.717, 1.165) is 24.9 Å². The van der Waals surface area contributed by atoms with Gasteiger partial charge in [-0.2, -0.15) is 0 Å². The van der Waals surface area contributed by atoms with Gasteiger partial charge in [0.05, 0.1) is 0 Å². The lowest BCUT2D eigenvalue weighted by molar-refractivity contribution is 0.443. The third kappa shape index (κ3) is 2.02. The Hall–Kier alpha value is -0.960. The van der Waals surface area contributed by atoms with Gasteiger partial charge in [-0.25, -0.2) is 8.78 Å². The zero-order valence-corrected chi connectivity index (χ0v) is 8.76. The molecule has 0 aliphatic carbocycles. The van der Waals surface area contributed by atoms with Gasteiger partial charge < -0.3 is 5.32 Å². The summed E-state index contributed by atoms with van der Waals surface area (Å²) >= 11 is 0. The number of rotatable bonds is 2. The summed E-state index contributed by atoms with van der Waals surface area (Å²) in [5.41, 5.74) is 0.859. The minimum absolute atomic E-state index is 0.185. The first-order chi connectivity index (χ1) is 7.22. The van der Waals surface area contributed by atoms with Crippen LogP contribution in [0, 0.1) is 17.6 Å². The lowest BCUT2D eigenvalue weighted by Gasteiger charge is -2.18. The van der Waals surface area contributed by atoms with Gasteiger partial charge in [0.1, 0.15) is 0 Å². The van der Waals surface area contributed by atoms with Gasteiger partial charge in [-0.05, 0) is 36.6 Å². The van der Waals surface area contributed by atoms with Crippen LogP contribution >= 0.6 is 0 Å². The molecule has 3 heteroatoms. The molecular formula is C12H15F2N. The highest BCUT2D eigenvalue weighted by molar-refractivity contribution is 5.22. The molecule has 1 fully saturated rings. The van der Waals surface area contributed by atoms with Crippen molar-refractivity contribution in [3.63, 3.8) is 0 Å². The van der Waals surface area contributed by atoms with Crippen LogP contribution in [0.2, 0.25) is 0 Å². The molecule has 2 rings (SSSR count). The predicted octanol–water partition coefficient (Wildman–Crippen LogP) is 3.03. The number of hydrogen-bond acceptors (Lipinski definition) is 1. The molecule has 1 aromatic carbocycles. The van der Waals surface area contributed by atoms with Gasteiger partial charge in [-0.1, -0.05) is 19.4 Å². The number of nitrogens with one attached hydrogen (secondary N) is 1. The second-order valence-corrected chi connectivity index (χ2v) is 4.06. The molecule has 1 aromatic rings. The maximum absolute atomic E-state index is 13.1. The maximum atomic E-state index is 13.1. The first-order valence-corrected chi connectivity index (χ1v) is 5.40. The first-order valence-electron chi connectivity index (χ1n) is 5.40. The standard InChI is InChI=1S/C12H15F2N/c1-2-8-5-6-15-12(8)9-3-4-10(13)11(14)7-9/h3-4,7-8,12,15H,2,5-6H2,1H3. The van der Waals surface area contributed by atoms with Gasteiger partial charge in [-0.3, -0.25) is 0 Å². The monoisotopic (exact) mass is 211 g/mol. The van der Waals surface area contributed by atoms with E-state index in [2.05, 4.69) is 12.2 Å². The highest BCUT2D eigenvalue weighted by atomic mass is 19.2. The Kier molecular flexibility index (Phi) is 3.00. The van der Waals surface area contributed by atoms with Crippen LogP contribution in [0.1, 0.15) is 31.4 Å². The normalized spacial score (nSPS) is 25.8. The summed E-state index contributed by atoms with van der Waals surface area (Å²) in [5, 5.41) is 3.33. The molecule has 1 heterocycles. The average molecular weight is 211 g/mol. The maximum Gasteiger partial charge on any atom is 0.159 e. The fraction of sp³-hybridized carbons (Fsp3) is 0.500. The van der Waals surface area contributed by atoms with E-state index in [1.54, 1.807) is 6.07 Å². The summed E-state index contributed by atoms with van der Waals surface area (Å²) in [5.74, 6) is -0.990. The molecule has 0 saturated carbocycles. The van der Waals surface area contributed by atoms with E-state index in [-0.39, 0.29) is 6.04 Å². The number of benzene rings is 1. The molecule has 2 unspecified atom stereocenters. The van der Waals surface area contributed by atoms with Crippen molar-refractivity contribution in [3.05, 3.63) is 35.4 Å². The molecule has 2 atom stereocenters. The van der Waals surface area contributed by atoms with Gasteiger partial charge in [0, 0.05) is 6.04 Å². The fourth-order valence-electron chi connectivity index (χ4n) is 2.29. The molecular weight excluding hydrogens is 196 g/mol.